The lowest BCUT2D eigenvalue weighted by Crippen LogP contribution is -2.46. The summed E-state index contributed by atoms with van der Waals surface area (Å²) in [6, 6.07) is 1.97. The largest absolute Gasteiger partial charge is 0.469 e. The molecule has 0 aromatic carbocycles. The Bertz CT molecular complexity index is 459. The third-order valence-electron chi connectivity index (χ3n) is 1.84. The third-order valence-corrected chi connectivity index (χ3v) is 2.04. The summed E-state index contributed by atoms with van der Waals surface area (Å²) in [7, 11) is 0. The Labute approximate surface area is 108 Å². The molecule has 1 heterocycles. The van der Waals surface area contributed by atoms with Crippen LogP contribution in [-0.2, 0) is 0 Å². The Kier molecular flexibility index (Phi) is 4.23. The number of nitrogens with two attached hydrogens (primary N) is 1. The molecule has 10 heteroatoms. The number of rotatable bonds is 3. The van der Waals surface area contributed by atoms with E-state index in [2.05, 4.69) is 21.9 Å². The highest BCUT2D eigenvalue weighted by Gasteiger charge is 2.59. The first kappa shape index (κ1) is 15.5. The molecule has 0 saturated heterocycles. The lowest BCUT2D eigenvalue weighted by Gasteiger charge is -2.24. The minimum absolute atomic E-state index is 0.448. The molecule has 1 aromatic heterocycles. The molecule has 19 heavy (non-hydrogen) atoms. The van der Waals surface area contributed by atoms with Gasteiger partial charge < -0.3 is 10.5 Å². The highest BCUT2D eigenvalue weighted by Crippen LogP contribution is 2.36. The minimum Gasteiger partial charge on any atom is -0.469 e. The van der Waals surface area contributed by atoms with Gasteiger partial charge in [0, 0.05) is 6.20 Å². The molecule has 3 nitrogen and oxygen atoms in total. The van der Waals surface area contributed by atoms with Gasteiger partial charge in [0.15, 0.2) is 0 Å². The monoisotopic (exact) mass is 304 g/mol. The van der Waals surface area contributed by atoms with Crippen LogP contribution in [0.25, 0.3) is 0 Å². The lowest BCUT2D eigenvalue weighted by atomic mass is 10.3. The van der Waals surface area contributed by atoms with E-state index < -0.39 is 34.9 Å². The van der Waals surface area contributed by atoms with Gasteiger partial charge in [-0.2, -0.15) is 26.3 Å². The molecule has 0 amide bonds. The van der Waals surface area contributed by atoms with Crippen LogP contribution in [0.1, 0.15) is 5.69 Å². The van der Waals surface area contributed by atoms with Gasteiger partial charge in [-0.05, 0) is 12.1 Å². The van der Waals surface area contributed by atoms with Crippen LogP contribution >= 0.6 is 12.2 Å². The molecule has 0 spiro atoms. The third kappa shape index (κ3) is 3.94. The van der Waals surface area contributed by atoms with Gasteiger partial charge in [-0.25, -0.2) is 4.98 Å². The van der Waals surface area contributed by atoms with Gasteiger partial charge in [0.1, 0.15) is 16.4 Å². The van der Waals surface area contributed by atoms with Crippen molar-refractivity contribution in [2.75, 3.05) is 0 Å². The number of nitrogens with zero attached hydrogens (tertiary/aromatic N) is 1. The fourth-order valence-corrected chi connectivity index (χ4v) is 1.27. The predicted molar refractivity (Wildman–Crippen MR) is 56.7 cm³/mol. The van der Waals surface area contributed by atoms with E-state index in [1.165, 1.54) is 0 Å². The molecule has 2 N–H and O–H groups in total. The Morgan fingerprint density at radius 3 is 2.16 bits per heavy atom. The lowest BCUT2D eigenvalue weighted by molar-refractivity contribution is -0.299. The zero-order valence-electron chi connectivity index (χ0n) is 8.92. The molecule has 0 fully saturated rings. The van der Waals surface area contributed by atoms with Crippen LogP contribution in [0.15, 0.2) is 18.3 Å². The summed E-state index contributed by atoms with van der Waals surface area (Å²) in [5.74, 6) is -0.783. The van der Waals surface area contributed by atoms with Crippen LogP contribution in [0.2, 0.25) is 0 Å². The van der Waals surface area contributed by atoms with Crippen LogP contribution in [0.4, 0.5) is 26.3 Å². The molecule has 0 saturated carbocycles. The van der Waals surface area contributed by atoms with Crippen molar-refractivity contribution >= 4 is 17.2 Å². The predicted octanol–water partition coefficient (Wildman–Crippen LogP) is 2.59. The number of aromatic nitrogens is 1. The molecule has 1 aromatic rings. The normalized spacial score (nSPS) is 12.6. The van der Waals surface area contributed by atoms with Crippen molar-refractivity contribution in [1.29, 1.82) is 0 Å². The van der Waals surface area contributed by atoms with Gasteiger partial charge in [0.2, 0.25) is 0 Å². The molecular weight excluding hydrogens is 298 g/mol. The maximum atomic E-state index is 12.3. The number of thiocarbonyl (C=S) groups is 1. The Balaban J connectivity index is 3.15. The molecule has 0 aliphatic heterocycles. The standard InChI is InChI=1S/C9H6F6N2OS/c10-8(11,12)7(9(13,14)15)18-4-2-1-3-17-5(4)6(16)19/h1-3,7H,(H2,16,19). The average Bonchev–Trinajstić information content (AvgIpc) is 2.23. The second-order valence-electron chi connectivity index (χ2n) is 3.30. The number of hydrogen-bond acceptors (Lipinski definition) is 3. The highest BCUT2D eigenvalue weighted by molar-refractivity contribution is 7.80. The molecule has 0 radical (unpaired) electrons. The molecular formula is C9H6F6N2OS. The molecule has 0 aliphatic rings. The molecule has 0 unspecified atom stereocenters. The second kappa shape index (κ2) is 5.19. The van der Waals surface area contributed by atoms with E-state index in [1.54, 1.807) is 0 Å². The van der Waals surface area contributed by atoms with Crippen LogP contribution in [0, 0.1) is 0 Å². The smallest absolute Gasteiger partial charge is 0.434 e. The van der Waals surface area contributed by atoms with Crippen LogP contribution in [-0.4, -0.2) is 28.4 Å². The maximum absolute atomic E-state index is 12.3. The summed E-state index contributed by atoms with van der Waals surface area (Å²) in [5, 5.41) is 0. The summed E-state index contributed by atoms with van der Waals surface area (Å²) in [6.45, 7) is 0. The molecule has 0 atom stereocenters. The molecule has 106 valence electrons. The van der Waals surface area contributed by atoms with E-state index in [9.17, 15) is 26.3 Å². The van der Waals surface area contributed by atoms with Crippen LogP contribution in [0.3, 0.4) is 0 Å². The van der Waals surface area contributed by atoms with Crippen molar-refractivity contribution in [2.45, 2.75) is 18.5 Å². The number of pyridine rings is 1. The van der Waals surface area contributed by atoms with Crippen molar-refractivity contribution < 1.29 is 31.1 Å². The van der Waals surface area contributed by atoms with E-state index in [0.717, 1.165) is 18.3 Å². The SMILES string of the molecule is NC(=S)c1ncccc1OC(C(F)(F)F)C(F)(F)F. The summed E-state index contributed by atoms with van der Waals surface area (Å²) in [6.07, 6.45) is -14.1. The average molecular weight is 304 g/mol. The number of hydrogen-bond donors (Lipinski definition) is 1. The Hall–Kier alpha value is -1.58. The van der Waals surface area contributed by atoms with Crippen molar-refractivity contribution in [1.82, 2.24) is 4.98 Å². The molecule has 0 bridgehead atoms. The van der Waals surface area contributed by atoms with Gasteiger partial charge in [0.25, 0.3) is 6.10 Å². The first-order valence-corrected chi connectivity index (χ1v) is 4.99. The molecule has 1 rings (SSSR count). The summed E-state index contributed by atoms with van der Waals surface area (Å²) in [5.41, 5.74) is 4.69. The maximum Gasteiger partial charge on any atom is 0.434 e. The quantitative estimate of drug-likeness (QED) is 0.689. The first-order chi connectivity index (χ1) is 8.53. The van der Waals surface area contributed by atoms with Gasteiger partial charge in [-0.15, -0.1) is 0 Å². The van der Waals surface area contributed by atoms with E-state index in [-0.39, 0.29) is 0 Å². The van der Waals surface area contributed by atoms with Gasteiger partial charge >= 0.3 is 12.4 Å². The summed E-state index contributed by atoms with van der Waals surface area (Å²) < 4.78 is 77.8. The number of halogens is 6. The van der Waals surface area contributed by atoms with Crippen molar-refractivity contribution in [3.8, 4) is 5.75 Å². The molecule has 0 aliphatic carbocycles. The first-order valence-electron chi connectivity index (χ1n) is 4.58. The Morgan fingerprint density at radius 1 is 1.21 bits per heavy atom. The number of alkyl halides is 6. The minimum atomic E-state index is -5.62. The van der Waals surface area contributed by atoms with Crippen LogP contribution < -0.4 is 10.5 Å². The van der Waals surface area contributed by atoms with E-state index in [1.807, 2.05) is 0 Å². The van der Waals surface area contributed by atoms with Crippen molar-refractivity contribution in [3.63, 3.8) is 0 Å². The topological polar surface area (TPSA) is 48.1 Å². The highest BCUT2D eigenvalue weighted by atomic mass is 32.1. The van der Waals surface area contributed by atoms with Gasteiger partial charge in [-0.1, -0.05) is 12.2 Å². The number of ether oxygens (including phenoxy) is 1. The van der Waals surface area contributed by atoms with Crippen molar-refractivity contribution in [3.05, 3.63) is 24.0 Å². The van der Waals surface area contributed by atoms with Crippen molar-refractivity contribution in [2.24, 2.45) is 5.73 Å². The van der Waals surface area contributed by atoms with Gasteiger partial charge in [-0.3, -0.25) is 0 Å². The fourth-order valence-electron chi connectivity index (χ4n) is 1.12. The van der Waals surface area contributed by atoms with Gasteiger partial charge in [0.05, 0.1) is 0 Å². The zero-order chi connectivity index (χ0) is 14.8. The van der Waals surface area contributed by atoms with E-state index >= 15 is 0 Å². The zero-order valence-corrected chi connectivity index (χ0v) is 9.73. The summed E-state index contributed by atoms with van der Waals surface area (Å²) >= 11 is 4.46. The second-order valence-corrected chi connectivity index (χ2v) is 3.74. The van der Waals surface area contributed by atoms with E-state index in [4.69, 9.17) is 5.73 Å². The fraction of sp³-hybridized carbons (Fsp3) is 0.333. The summed E-state index contributed by atoms with van der Waals surface area (Å²) in [4.78, 5) is 3.00. The Morgan fingerprint density at radius 2 is 1.74 bits per heavy atom. The van der Waals surface area contributed by atoms with E-state index in [0.29, 0.717) is 0 Å². The van der Waals surface area contributed by atoms with Crippen LogP contribution in [0.5, 0.6) is 5.75 Å².